The Labute approximate surface area is 112 Å². The SMILES string of the molecule is NC(c1ccc(OC2CC2)cc1)c1cccc(F)c1. The van der Waals surface area contributed by atoms with Crippen LogP contribution < -0.4 is 10.5 Å². The van der Waals surface area contributed by atoms with Crippen molar-refractivity contribution in [2.24, 2.45) is 5.73 Å². The fourth-order valence-corrected chi connectivity index (χ4v) is 2.02. The summed E-state index contributed by atoms with van der Waals surface area (Å²) < 4.78 is 18.9. The van der Waals surface area contributed by atoms with Crippen LogP contribution in [0.4, 0.5) is 4.39 Å². The molecule has 0 heterocycles. The topological polar surface area (TPSA) is 35.2 Å². The summed E-state index contributed by atoms with van der Waals surface area (Å²) in [4.78, 5) is 0. The lowest BCUT2D eigenvalue weighted by molar-refractivity contribution is 0.303. The van der Waals surface area contributed by atoms with Gasteiger partial charge in [-0.25, -0.2) is 4.39 Å². The molecule has 3 rings (SSSR count). The molecule has 0 spiro atoms. The Morgan fingerprint density at radius 3 is 2.42 bits per heavy atom. The molecule has 19 heavy (non-hydrogen) atoms. The molecule has 2 nitrogen and oxygen atoms in total. The largest absolute Gasteiger partial charge is 0.490 e. The van der Waals surface area contributed by atoms with Crippen molar-refractivity contribution in [3.8, 4) is 5.75 Å². The molecule has 1 saturated carbocycles. The lowest BCUT2D eigenvalue weighted by Crippen LogP contribution is -2.12. The molecule has 1 atom stereocenters. The third-order valence-electron chi connectivity index (χ3n) is 3.27. The highest BCUT2D eigenvalue weighted by Gasteiger charge is 2.23. The number of hydrogen-bond donors (Lipinski definition) is 1. The molecule has 0 saturated heterocycles. The Balaban J connectivity index is 1.77. The van der Waals surface area contributed by atoms with E-state index < -0.39 is 0 Å². The molecule has 1 fully saturated rings. The Kier molecular flexibility index (Phi) is 3.22. The lowest BCUT2D eigenvalue weighted by Gasteiger charge is -2.13. The first-order chi connectivity index (χ1) is 9.22. The fourth-order valence-electron chi connectivity index (χ4n) is 2.02. The van der Waals surface area contributed by atoms with Crippen LogP contribution in [0.15, 0.2) is 48.5 Å². The molecule has 1 aliphatic carbocycles. The molecule has 0 bridgehead atoms. The van der Waals surface area contributed by atoms with Crippen LogP contribution in [0.25, 0.3) is 0 Å². The Bertz CT molecular complexity index is 563. The smallest absolute Gasteiger partial charge is 0.123 e. The van der Waals surface area contributed by atoms with E-state index in [1.807, 2.05) is 30.3 Å². The molecule has 0 aromatic heterocycles. The number of nitrogens with two attached hydrogens (primary N) is 1. The molecule has 0 radical (unpaired) electrons. The van der Waals surface area contributed by atoms with Crippen LogP contribution in [0.2, 0.25) is 0 Å². The van der Waals surface area contributed by atoms with Gasteiger partial charge in [0.1, 0.15) is 11.6 Å². The normalized spacial score (nSPS) is 16.1. The summed E-state index contributed by atoms with van der Waals surface area (Å²) in [5, 5.41) is 0. The highest BCUT2D eigenvalue weighted by atomic mass is 19.1. The third-order valence-corrected chi connectivity index (χ3v) is 3.27. The molecule has 0 aliphatic heterocycles. The second-order valence-electron chi connectivity index (χ2n) is 4.92. The number of benzene rings is 2. The van der Waals surface area contributed by atoms with Gasteiger partial charge in [0.2, 0.25) is 0 Å². The van der Waals surface area contributed by atoms with Gasteiger partial charge in [0.05, 0.1) is 12.1 Å². The first-order valence-corrected chi connectivity index (χ1v) is 6.50. The molecular weight excluding hydrogens is 241 g/mol. The summed E-state index contributed by atoms with van der Waals surface area (Å²) in [5.74, 6) is 0.610. The molecule has 1 aliphatic rings. The highest BCUT2D eigenvalue weighted by Crippen LogP contribution is 2.28. The first kappa shape index (κ1) is 12.2. The van der Waals surface area contributed by atoms with Crippen LogP contribution in [0.1, 0.15) is 30.0 Å². The van der Waals surface area contributed by atoms with Crippen LogP contribution in [0, 0.1) is 5.82 Å². The Morgan fingerprint density at radius 2 is 1.79 bits per heavy atom. The van der Waals surface area contributed by atoms with Gasteiger partial charge in [-0.15, -0.1) is 0 Å². The highest BCUT2D eigenvalue weighted by molar-refractivity contribution is 5.35. The summed E-state index contributed by atoms with van der Waals surface area (Å²) in [7, 11) is 0. The standard InChI is InChI=1S/C16H16FNO/c17-13-3-1-2-12(10-13)16(18)11-4-6-14(7-5-11)19-15-8-9-15/h1-7,10,15-16H,8-9,18H2. The number of ether oxygens (including phenoxy) is 1. The van der Waals surface area contributed by atoms with E-state index in [0.29, 0.717) is 6.10 Å². The third kappa shape index (κ3) is 2.93. The Morgan fingerprint density at radius 1 is 1.05 bits per heavy atom. The van der Waals surface area contributed by atoms with Gasteiger partial charge < -0.3 is 10.5 Å². The number of halogens is 1. The van der Waals surface area contributed by atoms with E-state index >= 15 is 0 Å². The molecular formula is C16H16FNO. The zero-order chi connectivity index (χ0) is 13.2. The Hall–Kier alpha value is -1.87. The van der Waals surface area contributed by atoms with Gasteiger partial charge in [0.15, 0.2) is 0 Å². The average Bonchev–Trinajstić information content (AvgIpc) is 3.23. The second kappa shape index (κ2) is 5.02. The summed E-state index contributed by atoms with van der Waals surface area (Å²) >= 11 is 0. The maximum Gasteiger partial charge on any atom is 0.123 e. The molecule has 0 amide bonds. The molecule has 2 aromatic rings. The minimum Gasteiger partial charge on any atom is -0.490 e. The molecule has 3 heteroatoms. The fraction of sp³-hybridized carbons (Fsp3) is 0.250. The maximum atomic E-state index is 13.2. The summed E-state index contributed by atoms with van der Waals surface area (Å²) in [5.41, 5.74) is 7.87. The maximum absolute atomic E-state index is 13.2. The van der Waals surface area contributed by atoms with E-state index in [-0.39, 0.29) is 11.9 Å². The van der Waals surface area contributed by atoms with Gasteiger partial charge in [-0.1, -0.05) is 24.3 Å². The predicted molar refractivity (Wildman–Crippen MR) is 72.5 cm³/mol. The zero-order valence-corrected chi connectivity index (χ0v) is 10.6. The minimum absolute atomic E-state index is 0.262. The van der Waals surface area contributed by atoms with Gasteiger partial charge >= 0.3 is 0 Å². The van der Waals surface area contributed by atoms with E-state index in [1.54, 1.807) is 6.07 Å². The lowest BCUT2D eigenvalue weighted by atomic mass is 9.99. The van der Waals surface area contributed by atoms with Gasteiger partial charge in [-0.3, -0.25) is 0 Å². The quantitative estimate of drug-likeness (QED) is 0.911. The summed E-state index contributed by atoms with van der Waals surface area (Å²) in [6.45, 7) is 0. The van der Waals surface area contributed by atoms with Crippen molar-refractivity contribution in [1.29, 1.82) is 0 Å². The number of hydrogen-bond acceptors (Lipinski definition) is 2. The van der Waals surface area contributed by atoms with Crippen LogP contribution in [-0.2, 0) is 0 Å². The molecule has 2 N–H and O–H groups in total. The van der Waals surface area contributed by atoms with Crippen molar-refractivity contribution in [2.45, 2.75) is 25.0 Å². The molecule has 2 aromatic carbocycles. The van der Waals surface area contributed by atoms with Crippen molar-refractivity contribution in [2.75, 3.05) is 0 Å². The van der Waals surface area contributed by atoms with Gasteiger partial charge in [0.25, 0.3) is 0 Å². The molecule has 98 valence electrons. The first-order valence-electron chi connectivity index (χ1n) is 6.50. The van der Waals surface area contributed by atoms with Gasteiger partial charge in [-0.05, 0) is 48.2 Å². The number of rotatable bonds is 4. The van der Waals surface area contributed by atoms with Crippen LogP contribution >= 0.6 is 0 Å². The van der Waals surface area contributed by atoms with Crippen molar-refractivity contribution >= 4 is 0 Å². The summed E-state index contributed by atoms with van der Waals surface area (Å²) in [6, 6.07) is 13.8. The van der Waals surface area contributed by atoms with Crippen molar-refractivity contribution in [3.63, 3.8) is 0 Å². The van der Waals surface area contributed by atoms with Crippen LogP contribution in [-0.4, -0.2) is 6.10 Å². The summed E-state index contributed by atoms with van der Waals surface area (Å²) in [6.07, 6.45) is 2.68. The second-order valence-corrected chi connectivity index (χ2v) is 4.92. The van der Waals surface area contributed by atoms with Gasteiger partial charge in [-0.2, -0.15) is 0 Å². The zero-order valence-electron chi connectivity index (χ0n) is 10.6. The minimum atomic E-state index is -0.314. The van der Waals surface area contributed by atoms with Crippen molar-refractivity contribution < 1.29 is 9.13 Å². The van der Waals surface area contributed by atoms with E-state index in [0.717, 1.165) is 29.7 Å². The average molecular weight is 257 g/mol. The van der Waals surface area contributed by atoms with Crippen LogP contribution in [0.5, 0.6) is 5.75 Å². The van der Waals surface area contributed by atoms with Crippen molar-refractivity contribution in [3.05, 3.63) is 65.5 Å². The van der Waals surface area contributed by atoms with E-state index in [9.17, 15) is 4.39 Å². The molecule has 1 unspecified atom stereocenters. The van der Waals surface area contributed by atoms with E-state index in [1.165, 1.54) is 12.1 Å². The predicted octanol–water partition coefficient (Wildman–Crippen LogP) is 3.42. The van der Waals surface area contributed by atoms with Crippen LogP contribution in [0.3, 0.4) is 0 Å². The van der Waals surface area contributed by atoms with Crippen molar-refractivity contribution in [1.82, 2.24) is 0 Å². The monoisotopic (exact) mass is 257 g/mol. The van der Waals surface area contributed by atoms with Gasteiger partial charge in [0, 0.05) is 0 Å². The van der Waals surface area contributed by atoms with E-state index in [2.05, 4.69) is 0 Å². The van der Waals surface area contributed by atoms with E-state index in [4.69, 9.17) is 10.5 Å².